The van der Waals surface area contributed by atoms with Gasteiger partial charge in [0.25, 0.3) is 0 Å². The average Bonchev–Trinajstić information content (AvgIpc) is 2.65. The quantitative estimate of drug-likeness (QED) is 0.327. The molecule has 2 rings (SSSR count). The second kappa shape index (κ2) is 10.7. The highest BCUT2D eigenvalue weighted by Gasteiger charge is 2.04. The maximum atomic E-state index is 5.86. The molecule has 25 heavy (non-hydrogen) atoms. The van der Waals surface area contributed by atoms with Crippen molar-refractivity contribution in [2.75, 3.05) is 20.2 Å². The zero-order valence-corrected chi connectivity index (χ0v) is 15.5. The standard InChI is InChI=1S/C19H25ClN4O/c1-15(17-7-4-3-5-8-17)25-12-6-11-22-19(21-2)24-14-16-9-10-18(20)23-13-16/h3-5,7-10,13,15H,6,11-12,14H2,1-2H3,(H2,21,22,24). The van der Waals surface area contributed by atoms with Gasteiger partial charge in [0.15, 0.2) is 5.96 Å². The van der Waals surface area contributed by atoms with Gasteiger partial charge in [-0.05, 0) is 30.5 Å². The highest BCUT2D eigenvalue weighted by molar-refractivity contribution is 6.29. The van der Waals surface area contributed by atoms with Crippen molar-refractivity contribution in [1.29, 1.82) is 0 Å². The van der Waals surface area contributed by atoms with Crippen molar-refractivity contribution in [3.8, 4) is 0 Å². The molecule has 0 aliphatic heterocycles. The van der Waals surface area contributed by atoms with Crippen LogP contribution in [0.2, 0.25) is 5.15 Å². The van der Waals surface area contributed by atoms with E-state index in [4.69, 9.17) is 16.3 Å². The fourth-order valence-corrected chi connectivity index (χ4v) is 2.39. The molecule has 134 valence electrons. The molecule has 5 nitrogen and oxygen atoms in total. The Morgan fingerprint density at radius 2 is 2.00 bits per heavy atom. The third kappa shape index (κ3) is 7.11. The van der Waals surface area contributed by atoms with Crippen LogP contribution in [0, 0.1) is 0 Å². The lowest BCUT2D eigenvalue weighted by atomic mass is 10.1. The molecule has 1 unspecified atom stereocenters. The van der Waals surface area contributed by atoms with Crippen LogP contribution >= 0.6 is 11.6 Å². The van der Waals surface area contributed by atoms with Gasteiger partial charge in [0.1, 0.15) is 5.15 Å². The van der Waals surface area contributed by atoms with Crippen molar-refractivity contribution >= 4 is 17.6 Å². The molecule has 0 saturated carbocycles. The molecule has 1 atom stereocenters. The largest absolute Gasteiger partial charge is 0.374 e. The molecule has 0 aliphatic rings. The van der Waals surface area contributed by atoms with Gasteiger partial charge >= 0.3 is 0 Å². The van der Waals surface area contributed by atoms with E-state index in [0.29, 0.717) is 18.3 Å². The summed E-state index contributed by atoms with van der Waals surface area (Å²) in [4.78, 5) is 8.27. The number of hydrogen-bond acceptors (Lipinski definition) is 3. The van der Waals surface area contributed by atoms with Crippen LogP contribution in [0.25, 0.3) is 0 Å². The summed E-state index contributed by atoms with van der Waals surface area (Å²) in [5.41, 5.74) is 2.25. The molecule has 2 N–H and O–H groups in total. The van der Waals surface area contributed by atoms with E-state index in [1.54, 1.807) is 19.3 Å². The van der Waals surface area contributed by atoms with Gasteiger partial charge in [-0.3, -0.25) is 4.99 Å². The van der Waals surface area contributed by atoms with Gasteiger partial charge in [0, 0.05) is 32.9 Å². The first-order valence-electron chi connectivity index (χ1n) is 8.40. The summed E-state index contributed by atoms with van der Waals surface area (Å²) in [7, 11) is 1.75. The number of aliphatic imine (C=N–C) groups is 1. The number of nitrogens with one attached hydrogen (secondary N) is 2. The van der Waals surface area contributed by atoms with Crippen LogP contribution < -0.4 is 10.6 Å². The Labute approximate surface area is 154 Å². The number of guanidine groups is 1. The van der Waals surface area contributed by atoms with Crippen LogP contribution in [0.15, 0.2) is 53.7 Å². The van der Waals surface area contributed by atoms with Crippen LogP contribution in [0.4, 0.5) is 0 Å². The minimum absolute atomic E-state index is 0.107. The second-order valence-electron chi connectivity index (χ2n) is 5.62. The van der Waals surface area contributed by atoms with E-state index in [2.05, 4.69) is 39.7 Å². The van der Waals surface area contributed by atoms with Crippen molar-refractivity contribution in [3.63, 3.8) is 0 Å². The Morgan fingerprint density at radius 1 is 1.20 bits per heavy atom. The summed E-state index contributed by atoms with van der Waals surface area (Å²) in [5, 5.41) is 7.02. The van der Waals surface area contributed by atoms with Crippen molar-refractivity contribution < 1.29 is 4.74 Å². The smallest absolute Gasteiger partial charge is 0.191 e. The van der Waals surface area contributed by atoms with Crippen molar-refractivity contribution in [2.45, 2.75) is 26.0 Å². The molecule has 0 bridgehead atoms. The van der Waals surface area contributed by atoms with Gasteiger partial charge in [-0.1, -0.05) is 48.0 Å². The topological polar surface area (TPSA) is 58.5 Å². The van der Waals surface area contributed by atoms with E-state index in [9.17, 15) is 0 Å². The minimum Gasteiger partial charge on any atom is -0.374 e. The lowest BCUT2D eigenvalue weighted by molar-refractivity contribution is 0.0646. The van der Waals surface area contributed by atoms with Crippen molar-refractivity contribution in [1.82, 2.24) is 15.6 Å². The molecule has 0 saturated heterocycles. The molecule has 2 aromatic rings. The molecule has 0 spiro atoms. The molecule has 0 radical (unpaired) electrons. The minimum atomic E-state index is 0.107. The van der Waals surface area contributed by atoms with E-state index in [1.807, 2.05) is 24.3 Å². The normalized spacial score (nSPS) is 12.7. The number of nitrogens with zero attached hydrogens (tertiary/aromatic N) is 2. The SMILES string of the molecule is CN=C(NCCCOC(C)c1ccccc1)NCc1ccc(Cl)nc1. The van der Waals surface area contributed by atoms with Gasteiger partial charge in [-0.25, -0.2) is 4.98 Å². The highest BCUT2D eigenvalue weighted by atomic mass is 35.5. The third-order valence-corrected chi connectivity index (χ3v) is 3.95. The third-order valence-electron chi connectivity index (χ3n) is 3.72. The van der Waals surface area contributed by atoms with E-state index < -0.39 is 0 Å². The maximum Gasteiger partial charge on any atom is 0.191 e. The van der Waals surface area contributed by atoms with Crippen molar-refractivity contribution in [3.05, 3.63) is 64.9 Å². The number of ether oxygens (including phenoxy) is 1. The van der Waals surface area contributed by atoms with Gasteiger partial charge in [-0.2, -0.15) is 0 Å². The first kappa shape index (κ1) is 19.2. The molecule has 0 aliphatic carbocycles. The molecule has 1 aromatic carbocycles. The second-order valence-corrected chi connectivity index (χ2v) is 6.01. The Bertz CT molecular complexity index is 646. The zero-order valence-electron chi connectivity index (χ0n) is 14.7. The van der Waals surface area contributed by atoms with Crippen LogP contribution in [0.3, 0.4) is 0 Å². The zero-order chi connectivity index (χ0) is 17.9. The fraction of sp³-hybridized carbons (Fsp3) is 0.368. The maximum absolute atomic E-state index is 5.86. The van der Waals surface area contributed by atoms with Crippen LogP contribution in [0.1, 0.15) is 30.6 Å². The summed E-state index contributed by atoms with van der Waals surface area (Å²) < 4.78 is 5.86. The molecule has 1 heterocycles. The molecule has 0 fully saturated rings. The first-order chi connectivity index (χ1) is 12.2. The molecule has 0 amide bonds. The van der Waals surface area contributed by atoms with E-state index in [1.165, 1.54) is 5.56 Å². The predicted molar refractivity (Wildman–Crippen MR) is 103 cm³/mol. The molecule has 1 aromatic heterocycles. The van der Waals surface area contributed by atoms with E-state index in [-0.39, 0.29) is 6.10 Å². The summed E-state index contributed by atoms with van der Waals surface area (Å²) in [6.45, 7) is 4.20. The molecular formula is C19H25ClN4O. The lowest BCUT2D eigenvalue weighted by Crippen LogP contribution is -2.37. The summed E-state index contributed by atoms with van der Waals surface area (Å²) >= 11 is 5.78. The fourth-order valence-electron chi connectivity index (χ4n) is 2.28. The Kier molecular flexibility index (Phi) is 8.22. The van der Waals surface area contributed by atoms with Crippen molar-refractivity contribution in [2.24, 2.45) is 4.99 Å². The first-order valence-corrected chi connectivity index (χ1v) is 8.78. The van der Waals surface area contributed by atoms with Crippen LogP contribution in [-0.4, -0.2) is 31.1 Å². The number of aromatic nitrogens is 1. The van der Waals surface area contributed by atoms with Gasteiger partial charge in [0.05, 0.1) is 6.10 Å². The van der Waals surface area contributed by atoms with E-state index >= 15 is 0 Å². The highest BCUT2D eigenvalue weighted by Crippen LogP contribution is 2.15. The van der Waals surface area contributed by atoms with Gasteiger partial charge in [0.2, 0.25) is 0 Å². The number of hydrogen-bond donors (Lipinski definition) is 2. The van der Waals surface area contributed by atoms with Gasteiger partial charge < -0.3 is 15.4 Å². The average molecular weight is 361 g/mol. The summed E-state index contributed by atoms with van der Waals surface area (Å²) in [6, 6.07) is 14.0. The Morgan fingerprint density at radius 3 is 2.68 bits per heavy atom. The van der Waals surface area contributed by atoms with Crippen LogP contribution in [-0.2, 0) is 11.3 Å². The molecule has 6 heteroatoms. The predicted octanol–water partition coefficient (Wildman–Crippen LogP) is 3.57. The number of pyridine rings is 1. The van der Waals surface area contributed by atoms with E-state index in [0.717, 1.165) is 24.5 Å². The monoisotopic (exact) mass is 360 g/mol. The lowest BCUT2D eigenvalue weighted by Gasteiger charge is -2.15. The number of benzene rings is 1. The Hall–Kier alpha value is -2.11. The van der Waals surface area contributed by atoms with Gasteiger partial charge in [-0.15, -0.1) is 0 Å². The Balaban J connectivity index is 1.62. The number of rotatable bonds is 8. The molecular weight excluding hydrogens is 336 g/mol. The summed E-state index contributed by atoms with van der Waals surface area (Å²) in [5.74, 6) is 0.756. The van der Waals surface area contributed by atoms with Crippen LogP contribution in [0.5, 0.6) is 0 Å². The number of halogens is 1. The summed E-state index contributed by atoms with van der Waals surface area (Å²) in [6.07, 6.45) is 2.76.